The second-order valence-electron chi connectivity index (χ2n) is 6.89. The molecule has 0 spiro atoms. The zero-order valence-corrected chi connectivity index (χ0v) is 14.8. The van der Waals surface area contributed by atoms with Crippen LogP contribution in [0, 0.1) is 5.82 Å². The van der Waals surface area contributed by atoms with E-state index in [2.05, 4.69) is 10.3 Å². The third kappa shape index (κ3) is 3.29. The van der Waals surface area contributed by atoms with Crippen molar-refractivity contribution in [3.05, 3.63) is 54.3 Å². The number of hydrogen-bond donors (Lipinski definition) is 2. The fourth-order valence-electron chi connectivity index (χ4n) is 3.65. The van der Waals surface area contributed by atoms with Crippen LogP contribution >= 0.6 is 0 Å². The SMILES string of the molecule is CC(=O)N1CCC(Nc2cc(F)cc3cc(-c4ccccc4)[nH]c23)CC1. The van der Waals surface area contributed by atoms with Crippen LogP contribution in [0.2, 0.25) is 0 Å². The van der Waals surface area contributed by atoms with Gasteiger partial charge in [0.25, 0.3) is 0 Å². The standard InChI is InChI=1S/C21H22FN3O/c1-14(26)25-9-7-18(8-10-25)23-20-13-17(22)11-16-12-19(24-21(16)20)15-5-3-2-4-6-15/h2-6,11-13,18,23-24H,7-10H2,1H3. The number of amides is 1. The topological polar surface area (TPSA) is 48.1 Å². The Hall–Kier alpha value is -2.82. The minimum atomic E-state index is -0.250. The van der Waals surface area contributed by atoms with Crippen LogP contribution in [0.1, 0.15) is 19.8 Å². The summed E-state index contributed by atoms with van der Waals surface area (Å²) >= 11 is 0. The van der Waals surface area contributed by atoms with Gasteiger partial charge in [0, 0.05) is 37.1 Å². The number of rotatable bonds is 3. The molecule has 2 heterocycles. The third-order valence-corrected chi connectivity index (χ3v) is 5.08. The van der Waals surface area contributed by atoms with Gasteiger partial charge in [0.05, 0.1) is 11.2 Å². The highest BCUT2D eigenvalue weighted by Crippen LogP contribution is 2.31. The number of aromatic nitrogens is 1. The number of nitrogens with zero attached hydrogens (tertiary/aromatic N) is 1. The first-order valence-electron chi connectivity index (χ1n) is 9.00. The molecule has 1 aliphatic rings. The molecule has 2 aromatic carbocycles. The van der Waals surface area contributed by atoms with Crippen LogP contribution < -0.4 is 5.32 Å². The molecule has 5 heteroatoms. The van der Waals surface area contributed by atoms with Gasteiger partial charge in [0.1, 0.15) is 5.82 Å². The second-order valence-corrected chi connectivity index (χ2v) is 6.89. The Kier molecular flexibility index (Phi) is 4.37. The van der Waals surface area contributed by atoms with Gasteiger partial charge in [-0.2, -0.15) is 0 Å². The number of likely N-dealkylation sites (tertiary alicyclic amines) is 1. The Morgan fingerprint density at radius 1 is 1.15 bits per heavy atom. The predicted molar refractivity (Wildman–Crippen MR) is 103 cm³/mol. The van der Waals surface area contributed by atoms with Crippen molar-refractivity contribution in [2.24, 2.45) is 0 Å². The number of piperidine rings is 1. The maximum atomic E-state index is 14.1. The van der Waals surface area contributed by atoms with Crippen molar-refractivity contribution in [2.45, 2.75) is 25.8 Å². The molecule has 0 atom stereocenters. The van der Waals surface area contributed by atoms with Gasteiger partial charge in [-0.25, -0.2) is 4.39 Å². The van der Waals surface area contributed by atoms with Crippen LogP contribution in [0.5, 0.6) is 0 Å². The molecule has 1 amide bonds. The molecular formula is C21H22FN3O. The fourth-order valence-corrected chi connectivity index (χ4v) is 3.65. The van der Waals surface area contributed by atoms with Gasteiger partial charge >= 0.3 is 0 Å². The van der Waals surface area contributed by atoms with E-state index >= 15 is 0 Å². The number of halogens is 1. The zero-order valence-electron chi connectivity index (χ0n) is 14.8. The summed E-state index contributed by atoms with van der Waals surface area (Å²) in [5, 5.41) is 4.33. The molecule has 1 aromatic heterocycles. The lowest BCUT2D eigenvalue weighted by Crippen LogP contribution is -2.41. The van der Waals surface area contributed by atoms with Crippen LogP contribution in [0.25, 0.3) is 22.2 Å². The smallest absolute Gasteiger partial charge is 0.219 e. The van der Waals surface area contributed by atoms with Gasteiger partial charge in [0.15, 0.2) is 0 Å². The Bertz CT molecular complexity index is 927. The molecule has 26 heavy (non-hydrogen) atoms. The summed E-state index contributed by atoms with van der Waals surface area (Å²) in [6.07, 6.45) is 1.73. The van der Waals surface area contributed by atoms with E-state index in [0.29, 0.717) is 0 Å². The molecule has 134 valence electrons. The Labute approximate surface area is 152 Å². The van der Waals surface area contributed by atoms with Crippen LogP contribution in [-0.2, 0) is 4.79 Å². The second kappa shape index (κ2) is 6.83. The molecule has 4 rings (SSSR count). The number of anilines is 1. The number of carbonyl (C=O) groups excluding carboxylic acids is 1. The molecular weight excluding hydrogens is 329 g/mol. The zero-order chi connectivity index (χ0) is 18.1. The molecule has 0 unspecified atom stereocenters. The van der Waals surface area contributed by atoms with E-state index in [1.165, 1.54) is 0 Å². The number of benzene rings is 2. The van der Waals surface area contributed by atoms with Crippen molar-refractivity contribution < 1.29 is 9.18 Å². The molecule has 1 fully saturated rings. The summed E-state index contributed by atoms with van der Waals surface area (Å²) in [6, 6.07) is 15.3. The van der Waals surface area contributed by atoms with Crippen molar-refractivity contribution in [3.63, 3.8) is 0 Å². The molecule has 0 aliphatic carbocycles. The summed E-state index contributed by atoms with van der Waals surface area (Å²) in [5.74, 6) is -0.131. The van der Waals surface area contributed by atoms with Crippen molar-refractivity contribution in [1.29, 1.82) is 0 Å². The minimum absolute atomic E-state index is 0.119. The lowest BCUT2D eigenvalue weighted by Gasteiger charge is -2.32. The summed E-state index contributed by atoms with van der Waals surface area (Å²) < 4.78 is 14.1. The summed E-state index contributed by atoms with van der Waals surface area (Å²) in [4.78, 5) is 16.8. The number of hydrogen-bond acceptors (Lipinski definition) is 2. The van der Waals surface area contributed by atoms with E-state index in [1.807, 2.05) is 41.3 Å². The van der Waals surface area contributed by atoms with Gasteiger partial charge in [0.2, 0.25) is 5.91 Å². The first kappa shape index (κ1) is 16.6. The molecule has 0 saturated carbocycles. The van der Waals surface area contributed by atoms with Crippen molar-refractivity contribution in [1.82, 2.24) is 9.88 Å². The van der Waals surface area contributed by atoms with Crippen molar-refractivity contribution in [3.8, 4) is 11.3 Å². The first-order valence-corrected chi connectivity index (χ1v) is 9.00. The van der Waals surface area contributed by atoms with E-state index in [4.69, 9.17) is 0 Å². The van der Waals surface area contributed by atoms with Crippen molar-refractivity contribution >= 4 is 22.5 Å². The van der Waals surface area contributed by atoms with E-state index in [9.17, 15) is 9.18 Å². The van der Waals surface area contributed by atoms with Crippen molar-refractivity contribution in [2.75, 3.05) is 18.4 Å². The molecule has 1 saturated heterocycles. The molecule has 1 aliphatic heterocycles. The third-order valence-electron chi connectivity index (χ3n) is 5.08. The molecule has 0 radical (unpaired) electrons. The fraction of sp³-hybridized carbons (Fsp3) is 0.286. The Morgan fingerprint density at radius 3 is 2.58 bits per heavy atom. The summed E-state index contributed by atoms with van der Waals surface area (Å²) in [7, 11) is 0. The number of H-pyrrole nitrogens is 1. The van der Waals surface area contributed by atoms with Crippen LogP contribution in [0.4, 0.5) is 10.1 Å². The average molecular weight is 351 g/mol. The van der Waals surface area contributed by atoms with Gasteiger partial charge in [-0.05, 0) is 36.6 Å². The Morgan fingerprint density at radius 2 is 1.88 bits per heavy atom. The highest BCUT2D eigenvalue weighted by atomic mass is 19.1. The van der Waals surface area contributed by atoms with Crippen LogP contribution in [0.3, 0.4) is 0 Å². The monoisotopic (exact) mass is 351 g/mol. The lowest BCUT2D eigenvalue weighted by atomic mass is 10.0. The van der Waals surface area contributed by atoms with Gasteiger partial charge in [-0.1, -0.05) is 30.3 Å². The van der Waals surface area contributed by atoms with Crippen LogP contribution in [0.15, 0.2) is 48.5 Å². The number of carbonyl (C=O) groups is 1. The van der Waals surface area contributed by atoms with Gasteiger partial charge in [-0.15, -0.1) is 0 Å². The summed E-state index contributed by atoms with van der Waals surface area (Å²) in [6.45, 7) is 3.09. The number of nitrogens with one attached hydrogen (secondary N) is 2. The van der Waals surface area contributed by atoms with E-state index in [0.717, 1.165) is 53.8 Å². The highest BCUT2D eigenvalue weighted by molar-refractivity contribution is 5.95. The maximum Gasteiger partial charge on any atom is 0.219 e. The molecule has 0 bridgehead atoms. The van der Waals surface area contributed by atoms with Gasteiger partial charge in [-0.3, -0.25) is 4.79 Å². The first-order chi connectivity index (χ1) is 12.6. The maximum absolute atomic E-state index is 14.1. The number of fused-ring (bicyclic) bond motifs is 1. The van der Waals surface area contributed by atoms with Crippen LogP contribution in [-0.4, -0.2) is 34.9 Å². The van der Waals surface area contributed by atoms with E-state index < -0.39 is 0 Å². The minimum Gasteiger partial charge on any atom is -0.380 e. The predicted octanol–water partition coefficient (Wildman–Crippen LogP) is 4.40. The number of aromatic amines is 1. The summed E-state index contributed by atoms with van der Waals surface area (Å²) in [5.41, 5.74) is 3.74. The average Bonchev–Trinajstić information content (AvgIpc) is 3.07. The van der Waals surface area contributed by atoms with E-state index in [1.54, 1.807) is 19.1 Å². The molecule has 4 nitrogen and oxygen atoms in total. The quantitative estimate of drug-likeness (QED) is 0.735. The normalized spacial score (nSPS) is 15.4. The molecule has 3 aromatic rings. The van der Waals surface area contributed by atoms with E-state index in [-0.39, 0.29) is 17.8 Å². The van der Waals surface area contributed by atoms with Gasteiger partial charge < -0.3 is 15.2 Å². The largest absolute Gasteiger partial charge is 0.380 e. The Balaban J connectivity index is 1.61. The lowest BCUT2D eigenvalue weighted by molar-refractivity contribution is -0.129. The highest BCUT2D eigenvalue weighted by Gasteiger charge is 2.21. The molecule has 2 N–H and O–H groups in total.